The smallest absolute Gasteiger partial charge is 0.305 e. The Morgan fingerprint density at radius 2 is 1.77 bits per heavy atom. The number of hydrogen-bond donors (Lipinski definition) is 0. The van der Waals surface area contributed by atoms with Crippen LogP contribution in [-0.2, 0) is 25.1 Å². The van der Waals surface area contributed by atoms with E-state index in [0.717, 1.165) is 5.39 Å². The maximum Gasteiger partial charge on any atom is 0.305 e. The van der Waals surface area contributed by atoms with Gasteiger partial charge in [-0.25, -0.2) is 8.42 Å². The number of amides is 1. The highest BCUT2D eigenvalue weighted by Gasteiger charge is 2.33. The Morgan fingerprint density at radius 1 is 1.06 bits per heavy atom. The molecule has 0 radical (unpaired) electrons. The van der Waals surface area contributed by atoms with Gasteiger partial charge >= 0.3 is 5.97 Å². The largest absolute Gasteiger partial charge is 0.459 e. The van der Waals surface area contributed by atoms with Crippen LogP contribution in [0, 0.1) is 0 Å². The standard InChI is InChI=1S/C23H22N2O5S/c1-2-21(26)30-19-13-25(14-19)23(27)18-10-8-16(9-11-18)15-31(28,29)20-7-3-5-17-6-4-12-24-22(17)20/h3-12,19H,2,13-15H2,1H3. The summed E-state index contributed by atoms with van der Waals surface area (Å²) in [6.07, 6.45) is 1.63. The summed E-state index contributed by atoms with van der Waals surface area (Å²) in [5.74, 6) is -0.629. The van der Waals surface area contributed by atoms with E-state index in [4.69, 9.17) is 4.74 Å². The quantitative estimate of drug-likeness (QED) is 0.549. The maximum atomic E-state index is 13.0. The van der Waals surface area contributed by atoms with Crippen LogP contribution in [0.2, 0.25) is 0 Å². The highest BCUT2D eigenvalue weighted by Crippen LogP contribution is 2.24. The van der Waals surface area contributed by atoms with Crippen LogP contribution < -0.4 is 0 Å². The second-order valence-electron chi connectivity index (χ2n) is 7.46. The Balaban J connectivity index is 1.44. The van der Waals surface area contributed by atoms with Gasteiger partial charge in [0.25, 0.3) is 5.91 Å². The fraction of sp³-hybridized carbons (Fsp3) is 0.261. The molecule has 3 aromatic rings. The molecule has 0 aliphatic carbocycles. The molecule has 0 saturated carbocycles. The van der Waals surface area contributed by atoms with Gasteiger partial charge in [0, 0.05) is 23.6 Å². The molecule has 1 aliphatic heterocycles. The number of hydrogen-bond acceptors (Lipinski definition) is 6. The third-order valence-electron chi connectivity index (χ3n) is 5.21. The molecule has 8 heteroatoms. The van der Waals surface area contributed by atoms with Crippen molar-refractivity contribution in [3.63, 3.8) is 0 Å². The van der Waals surface area contributed by atoms with E-state index in [-0.39, 0.29) is 28.6 Å². The first-order valence-electron chi connectivity index (χ1n) is 10.0. The molecule has 4 rings (SSSR count). The lowest BCUT2D eigenvalue weighted by Gasteiger charge is -2.38. The van der Waals surface area contributed by atoms with Gasteiger partial charge in [0.1, 0.15) is 6.10 Å². The number of carbonyl (C=O) groups excluding carboxylic acids is 2. The van der Waals surface area contributed by atoms with Crippen LogP contribution in [0.3, 0.4) is 0 Å². The average Bonchev–Trinajstić information content (AvgIpc) is 2.75. The lowest BCUT2D eigenvalue weighted by atomic mass is 10.1. The first-order valence-corrected chi connectivity index (χ1v) is 11.7. The number of pyridine rings is 1. The molecule has 1 aromatic heterocycles. The van der Waals surface area contributed by atoms with E-state index in [1.165, 1.54) is 0 Å². The SMILES string of the molecule is CCC(=O)OC1CN(C(=O)c2ccc(CS(=O)(=O)c3cccc4cccnc34)cc2)C1. The van der Waals surface area contributed by atoms with E-state index in [1.54, 1.807) is 60.5 Å². The predicted molar refractivity (Wildman–Crippen MR) is 115 cm³/mol. The summed E-state index contributed by atoms with van der Waals surface area (Å²) in [5, 5.41) is 0.766. The molecule has 160 valence electrons. The van der Waals surface area contributed by atoms with Crippen LogP contribution in [0.25, 0.3) is 10.9 Å². The Kier molecular flexibility index (Phi) is 5.73. The molecule has 2 heterocycles. The number of ether oxygens (including phenoxy) is 1. The zero-order chi connectivity index (χ0) is 22.0. The number of sulfone groups is 1. The molecular weight excluding hydrogens is 416 g/mol. The summed E-state index contributed by atoms with van der Waals surface area (Å²) >= 11 is 0. The number of nitrogens with zero attached hydrogens (tertiary/aromatic N) is 2. The first-order chi connectivity index (χ1) is 14.9. The van der Waals surface area contributed by atoms with E-state index in [0.29, 0.717) is 36.2 Å². The lowest BCUT2D eigenvalue weighted by Crippen LogP contribution is -2.55. The number of esters is 1. The van der Waals surface area contributed by atoms with Gasteiger partial charge in [-0.1, -0.05) is 37.3 Å². The third kappa shape index (κ3) is 4.44. The number of para-hydroxylation sites is 1. The van der Waals surface area contributed by atoms with Crippen LogP contribution in [0.1, 0.15) is 29.3 Å². The molecule has 7 nitrogen and oxygen atoms in total. The van der Waals surface area contributed by atoms with Crippen LogP contribution >= 0.6 is 0 Å². The Labute approximate surface area is 180 Å². The topological polar surface area (TPSA) is 93.6 Å². The number of fused-ring (bicyclic) bond motifs is 1. The maximum absolute atomic E-state index is 13.0. The van der Waals surface area contributed by atoms with E-state index in [1.807, 2.05) is 12.1 Å². The molecule has 0 bridgehead atoms. The molecule has 1 fully saturated rings. The third-order valence-corrected chi connectivity index (χ3v) is 6.92. The van der Waals surface area contributed by atoms with Crippen LogP contribution in [-0.4, -0.2) is 49.4 Å². The van der Waals surface area contributed by atoms with Gasteiger partial charge in [0.2, 0.25) is 0 Å². The van der Waals surface area contributed by atoms with Crippen molar-refractivity contribution in [1.82, 2.24) is 9.88 Å². The predicted octanol–water partition coefficient (Wildman–Crippen LogP) is 2.99. The molecule has 0 unspecified atom stereocenters. The summed E-state index contributed by atoms with van der Waals surface area (Å²) in [5.41, 5.74) is 1.50. The Bertz CT molecular complexity index is 1230. The highest BCUT2D eigenvalue weighted by molar-refractivity contribution is 7.90. The van der Waals surface area contributed by atoms with Gasteiger partial charge in [0.15, 0.2) is 9.84 Å². The van der Waals surface area contributed by atoms with Crippen molar-refractivity contribution in [3.8, 4) is 0 Å². The molecule has 31 heavy (non-hydrogen) atoms. The minimum atomic E-state index is -3.61. The fourth-order valence-electron chi connectivity index (χ4n) is 3.50. The monoisotopic (exact) mass is 438 g/mol. The van der Waals surface area contributed by atoms with Crippen molar-refractivity contribution < 1.29 is 22.7 Å². The van der Waals surface area contributed by atoms with Crippen molar-refractivity contribution in [3.05, 3.63) is 71.9 Å². The first kappa shape index (κ1) is 21.0. The van der Waals surface area contributed by atoms with Gasteiger partial charge in [-0.15, -0.1) is 0 Å². The molecule has 1 saturated heterocycles. The summed E-state index contributed by atoms with van der Waals surface area (Å²) in [6, 6.07) is 15.2. The van der Waals surface area contributed by atoms with Gasteiger partial charge < -0.3 is 9.64 Å². The molecule has 1 amide bonds. The summed E-state index contributed by atoms with van der Waals surface area (Å²) in [6.45, 7) is 2.46. The van der Waals surface area contributed by atoms with Crippen molar-refractivity contribution in [1.29, 1.82) is 0 Å². The van der Waals surface area contributed by atoms with E-state index < -0.39 is 9.84 Å². The number of aromatic nitrogens is 1. The highest BCUT2D eigenvalue weighted by atomic mass is 32.2. The zero-order valence-corrected chi connectivity index (χ0v) is 17.8. The molecule has 0 N–H and O–H groups in total. The van der Waals surface area contributed by atoms with E-state index >= 15 is 0 Å². The normalized spacial score (nSPS) is 14.3. The van der Waals surface area contributed by atoms with Crippen molar-refractivity contribution in [2.24, 2.45) is 0 Å². The van der Waals surface area contributed by atoms with Gasteiger partial charge in [-0.3, -0.25) is 14.6 Å². The van der Waals surface area contributed by atoms with Gasteiger partial charge in [-0.05, 0) is 29.8 Å². The van der Waals surface area contributed by atoms with E-state index in [9.17, 15) is 18.0 Å². The summed E-state index contributed by atoms with van der Waals surface area (Å²) in [7, 11) is -3.61. The zero-order valence-electron chi connectivity index (χ0n) is 17.0. The van der Waals surface area contributed by atoms with Crippen LogP contribution in [0.5, 0.6) is 0 Å². The lowest BCUT2D eigenvalue weighted by molar-refractivity contribution is -0.155. The Hall–Kier alpha value is -3.26. The van der Waals surface area contributed by atoms with Gasteiger partial charge in [0.05, 0.1) is 29.3 Å². The second-order valence-corrected chi connectivity index (χ2v) is 9.42. The molecule has 0 spiro atoms. The number of carbonyl (C=O) groups is 2. The average molecular weight is 439 g/mol. The number of likely N-dealkylation sites (tertiary alicyclic amines) is 1. The van der Waals surface area contributed by atoms with Crippen LogP contribution in [0.4, 0.5) is 0 Å². The fourth-order valence-corrected chi connectivity index (χ4v) is 5.04. The second kappa shape index (κ2) is 8.47. The number of rotatable bonds is 6. The summed E-state index contributed by atoms with van der Waals surface area (Å²) < 4.78 is 31.2. The summed E-state index contributed by atoms with van der Waals surface area (Å²) in [4.78, 5) is 29.9. The van der Waals surface area contributed by atoms with Crippen molar-refractivity contribution >= 4 is 32.6 Å². The minimum absolute atomic E-state index is 0.170. The van der Waals surface area contributed by atoms with Crippen molar-refractivity contribution in [2.45, 2.75) is 30.1 Å². The molecule has 1 aliphatic rings. The van der Waals surface area contributed by atoms with E-state index in [2.05, 4.69) is 4.98 Å². The molecule has 2 aromatic carbocycles. The number of benzene rings is 2. The minimum Gasteiger partial charge on any atom is -0.459 e. The molecular formula is C23H22N2O5S. The van der Waals surface area contributed by atoms with Crippen LogP contribution in [0.15, 0.2) is 65.7 Å². The molecule has 0 atom stereocenters. The van der Waals surface area contributed by atoms with Crippen molar-refractivity contribution in [2.75, 3.05) is 13.1 Å². The Morgan fingerprint density at radius 3 is 2.48 bits per heavy atom. The van der Waals surface area contributed by atoms with Gasteiger partial charge in [-0.2, -0.15) is 0 Å².